The van der Waals surface area contributed by atoms with E-state index in [4.69, 9.17) is 10.5 Å². The van der Waals surface area contributed by atoms with E-state index in [9.17, 15) is 0 Å². The van der Waals surface area contributed by atoms with Crippen molar-refractivity contribution in [3.05, 3.63) is 54.1 Å². The number of hydrogen-bond donors (Lipinski definition) is 2. The van der Waals surface area contributed by atoms with Gasteiger partial charge in [0.05, 0.1) is 7.11 Å². The first-order valence-corrected chi connectivity index (χ1v) is 6.01. The summed E-state index contributed by atoms with van der Waals surface area (Å²) >= 11 is 0. The second-order valence-electron chi connectivity index (χ2n) is 4.11. The van der Waals surface area contributed by atoms with E-state index < -0.39 is 0 Å². The summed E-state index contributed by atoms with van der Waals surface area (Å²) in [4.78, 5) is 0. The van der Waals surface area contributed by atoms with Crippen LogP contribution in [0.2, 0.25) is 0 Å². The molecule has 2 rings (SSSR count). The maximum Gasteiger partial charge on any atom is 0.119 e. The van der Waals surface area contributed by atoms with Gasteiger partial charge in [0.25, 0.3) is 0 Å². The van der Waals surface area contributed by atoms with Crippen molar-refractivity contribution in [2.24, 2.45) is 0 Å². The average Bonchev–Trinajstić information content (AvgIpc) is 2.42. The van der Waals surface area contributed by atoms with Crippen molar-refractivity contribution in [2.75, 3.05) is 24.7 Å². The molecular weight excluding hydrogens is 224 g/mol. The van der Waals surface area contributed by atoms with Crippen molar-refractivity contribution in [1.29, 1.82) is 0 Å². The third-order valence-corrected chi connectivity index (χ3v) is 2.85. The maximum absolute atomic E-state index is 5.94. The zero-order chi connectivity index (χ0) is 12.8. The summed E-state index contributed by atoms with van der Waals surface area (Å²) in [5.74, 6) is 0.846. The fraction of sp³-hybridized carbons (Fsp3) is 0.200. The molecule has 0 heterocycles. The van der Waals surface area contributed by atoms with Crippen molar-refractivity contribution in [2.45, 2.75) is 6.42 Å². The molecule has 0 fully saturated rings. The topological polar surface area (TPSA) is 47.3 Å². The van der Waals surface area contributed by atoms with Crippen LogP contribution in [-0.4, -0.2) is 13.7 Å². The second kappa shape index (κ2) is 5.96. The molecule has 0 bridgehead atoms. The normalized spacial score (nSPS) is 10.1. The zero-order valence-electron chi connectivity index (χ0n) is 10.5. The molecule has 94 valence electrons. The SMILES string of the molecule is COc1ccc(N)c(CCNc2ccccc2)c1. The Morgan fingerprint density at radius 1 is 1.11 bits per heavy atom. The molecule has 0 saturated heterocycles. The summed E-state index contributed by atoms with van der Waals surface area (Å²) in [5, 5.41) is 3.36. The molecule has 0 aromatic heterocycles. The van der Waals surface area contributed by atoms with Crippen LogP contribution in [0.5, 0.6) is 5.75 Å². The highest BCUT2D eigenvalue weighted by atomic mass is 16.5. The Kier molecular flexibility index (Phi) is 4.07. The first-order chi connectivity index (χ1) is 8.79. The van der Waals surface area contributed by atoms with E-state index in [-0.39, 0.29) is 0 Å². The number of methoxy groups -OCH3 is 1. The van der Waals surface area contributed by atoms with Crippen LogP contribution in [0, 0.1) is 0 Å². The molecule has 3 heteroatoms. The van der Waals surface area contributed by atoms with Gasteiger partial charge in [0.1, 0.15) is 5.75 Å². The first kappa shape index (κ1) is 12.3. The Labute approximate surface area is 108 Å². The largest absolute Gasteiger partial charge is 0.497 e. The van der Waals surface area contributed by atoms with Crippen molar-refractivity contribution in [3.63, 3.8) is 0 Å². The fourth-order valence-corrected chi connectivity index (χ4v) is 1.82. The van der Waals surface area contributed by atoms with Gasteiger partial charge in [-0.15, -0.1) is 0 Å². The van der Waals surface area contributed by atoms with Crippen LogP contribution in [0.3, 0.4) is 0 Å². The van der Waals surface area contributed by atoms with E-state index in [0.29, 0.717) is 0 Å². The van der Waals surface area contributed by atoms with E-state index in [2.05, 4.69) is 17.4 Å². The fourth-order valence-electron chi connectivity index (χ4n) is 1.82. The third kappa shape index (κ3) is 3.17. The number of para-hydroxylation sites is 1. The van der Waals surface area contributed by atoms with Crippen molar-refractivity contribution in [1.82, 2.24) is 0 Å². The summed E-state index contributed by atoms with van der Waals surface area (Å²) in [6.45, 7) is 0.849. The quantitative estimate of drug-likeness (QED) is 0.792. The van der Waals surface area contributed by atoms with E-state index in [0.717, 1.165) is 35.7 Å². The van der Waals surface area contributed by atoms with E-state index in [1.54, 1.807) is 7.11 Å². The summed E-state index contributed by atoms with van der Waals surface area (Å²) in [6.07, 6.45) is 0.873. The van der Waals surface area contributed by atoms with Gasteiger partial charge < -0.3 is 15.8 Å². The van der Waals surface area contributed by atoms with Crippen LogP contribution in [0.4, 0.5) is 11.4 Å². The van der Waals surface area contributed by atoms with Crippen molar-refractivity contribution in [3.8, 4) is 5.75 Å². The van der Waals surface area contributed by atoms with Gasteiger partial charge in [-0.05, 0) is 42.3 Å². The van der Waals surface area contributed by atoms with E-state index in [1.165, 1.54) is 0 Å². The van der Waals surface area contributed by atoms with Crippen molar-refractivity contribution < 1.29 is 4.74 Å². The highest BCUT2D eigenvalue weighted by molar-refractivity contribution is 5.51. The number of ether oxygens (including phenoxy) is 1. The minimum atomic E-state index is 0.811. The van der Waals surface area contributed by atoms with Gasteiger partial charge in [-0.2, -0.15) is 0 Å². The average molecular weight is 242 g/mol. The Morgan fingerprint density at radius 2 is 1.89 bits per heavy atom. The molecule has 2 aromatic rings. The van der Waals surface area contributed by atoms with Gasteiger partial charge in [-0.1, -0.05) is 18.2 Å². The molecule has 0 aliphatic rings. The van der Waals surface area contributed by atoms with Gasteiger partial charge >= 0.3 is 0 Å². The molecule has 0 radical (unpaired) electrons. The minimum Gasteiger partial charge on any atom is -0.497 e. The van der Waals surface area contributed by atoms with E-state index in [1.807, 2.05) is 36.4 Å². The molecule has 18 heavy (non-hydrogen) atoms. The van der Waals surface area contributed by atoms with Crippen LogP contribution in [0.15, 0.2) is 48.5 Å². The Hall–Kier alpha value is -2.16. The molecule has 3 N–H and O–H groups in total. The number of nitrogen functional groups attached to an aromatic ring is 1. The number of hydrogen-bond acceptors (Lipinski definition) is 3. The number of rotatable bonds is 5. The number of nitrogens with one attached hydrogen (secondary N) is 1. The first-order valence-electron chi connectivity index (χ1n) is 6.01. The predicted molar refractivity (Wildman–Crippen MR) is 76.0 cm³/mol. The lowest BCUT2D eigenvalue weighted by atomic mass is 10.1. The highest BCUT2D eigenvalue weighted by Crippen LogP contribution is 2.20. The third-order valence-electron chi connectivity index (χ3n) is 2.85. The monoisotopic (exact) mass is 242 g/mol. The molecule has 0 saturated carbocycles. The number of benzene rings is 2. The van der Waals surface area contributed by atoms with Crippen LogP contribution in [0.25, 0.3) is 0 Å². The second-order valence-corrected chi connectivity index (χ2v) is 4.11. The maximum atomic E-state index is 5.94. The standard InChI is InChI=1S/C15H18N2O/c1-18-14-7-8-15(16)12(11-14)9-10-17-13-5-3-2-4-6-13/h2-8,11,17H,9-10,16H2,1H3. The Balaban J connectivity index is 1.94. The Morgan fingerprint density at radius 3 is 2.61 bits per heavy atom. The minimum absolute atomic E-state index is 0.811. The lowest BCUT2D eigenvalue weighted by molar-refractivity contribution is 0.414. The molecule has 2 aromatic carbocycles. The lowest BCUT2D eigenvalue weighted by Crippen LogP contribution is -2.06. The smallest absolute Gasteiger partial charge is 0.119 e. The van der Waals surface area contributed by atoms with Crippen LogP contribution in [0.1, 0.15) is 5.56 Å². The van der Waals surface area contributed by atoms with Crippen molar-refractivity contribution >= 4 is 11.4 Å². The highest BCUT2D eigenvalue weighted by Gasteiger charge is 2.01. The molecule has 0 aliphatic carbocycles. The van der Waals surface area contributed by atoms with Gasteiger partial charge in [-0.3, -0.25) is 0 Å². The molecule has 0 aliphatic heterocycles. The summed E-state index contributed by atoms with van der Waals surface area (Å²) in [6, 6.07) is 15.9. The Bertz CT molecular complexity index is 497. The van der Waals surface area contributed by atoms with Gasteiger partial charge in [0, 0.05) is 17.9 Å². The van der Waals surface area contributed by atoms with Gasteiger partial charge in [0.2, 0.25) is 0 Å². The molecule has 0 spiro atoms. The predicted octanol–water partition coefficient (Wildman–Crippen LogP) is 2.93. The molecule has 0 amide bonds. The van der Waals surface area contributed by atoms with E-state index >= 15 is 0 Å². The van der Waals surface area contributed by atoms with Crippen LogP contribution >= 0.6 is 0 Å². The molecule has 0 atom stereocenters. The van der Waals surface area contributed by atoms with Gasteiger partial charge in [0.15, 0.2) is 0 Å². The molecule has 0 unspecified atom stereocenters. The lowest BCUT2D eigenvalue weighted by Gasteiger charge is -2.09. The molecular formula is C15H18N2O. The molecule has 3 nitrogen and oxygen atoms in total. The summed E-state index contributed by atoms with van der Waals surface area (Å²) in [7, 11) is 1.66. The number of anilines is 2. The van der Waals surface area contributed by atoms with Gasteiger partial charge in [-0.25, -0.2) is 0 Å². The van der Waals surface area contributed by atoms with Crippen LogP contribution < -0.4 is 15.8 Å². The number of nitrogens with two attached hydrogens (primary N) is 1. The van der Waals surface area contributed by atoms with Crippen LogP contribution in [-0.2, 0) is 6.42 Å². The zero-order valence-corrected chi connectivity index (χ0v) is 10.5. The summed E-state index contributed by atoms with van der Waals surface area (Å²) in [5.41, 5.74) is 8.98. The summed E-state index contributed by atoms with van der Waals surface area (Å²) < 4.78 is 5.20.